The van der Waals surface area contributed by atoms with E-state index >= 15 is 0 Å². The largest absolute Gasteiger partial charge is 0.495 e. The zero-order valence-corrected chi connectivity index (χ0v) is 21.1. The molecule has 1 N–H and O–H groups in total. The van der Waals surface area contributed by atoms with Gasteiger partial charge in [0.2, 0.25) is 10.0 Å². The molecule has 0 saturated heterocycles. The van der Waals surface area contributed by atoms with E-state index in [9.17, 15) is 13.2 Å². The monoisotopic (exact) mass is 515 g/mol. The molecule has 10 heteroatoms. The van der Waals surface area contributed by atoms with Crippen LogP contribution in [0.2, 0.25) is 5.02 Å². The molecule has 8 nitrogen and oxygen atoms in total. The number of carbonyl (C=O) groups is 1. The van der Waals surface area contributed by atoms with Crippen LogP contribution in [0.5, 0.6) is 11.5 Å². The van der Waals surface area contributed by atoms with E-state index in [0.717, 1.165) is 27.3 Å². The summed E-state index contributed by atoms with van der Waals surface area (Å²) >= 11 is 5.98. The molecule has 0 unspecified atom stereocenters. The van der Waals surface area contributed by atoms with Gasteiger partial charge in [-0.15, -0.1) is 0 Å². The van der Waals surface area contributed by atoms with Crippen molar-refractivity contribution in [3.8, 4) is 11.5 Å². The van der Waals surface area contributed by atoms with Crippen LogP contribution in [0.1, 0.15) is 16.7 Å². The van der Waals surface area contributed by atoms with E-state index in [2.05, 4.69) is 10.5 Å². The lowest BCUT2D eigenvalue weighted by Gasteiger charge is -2.23. The van der Waals surface area contributed by atoms with Crippen LogP contribution in [-0.4, -0.2) is 40.4 Å². The second-order valence-electron chi connectivity index (χ2n) is 7.73. The van der Waals surface area contributed by atoms with E-state index in [4.69, 9.17) is 21.1 Å². The Hall–Kier alpha value is -3.56. The Morgan fingerprint density at radius 2 is 1.86 bits per heavy atom. The molecule has 0 atom stereocenters. The Morgan fingerprint density at radius 1 is 1.11 bits per heavy atom. The number of halogens is 1. The van der Waals surface area contributed by atoms with E-state index in [0.29, 0.717) is 23.1 Å². The average molecular weight is 516 g/mol. The van der Waals surface area contributed by atoms with Crippen LogP contribution in [-0.2, 0) is 21.4 Å². The molecule has 35 heavy (non-hydrogen) atoms. The molecular weight excluding hydrogens is 490 g/mol. The number of rotatable bonds is 10. The van der Waals surface area contributed by atoms with Crippen LogP contribution in [0.25, 0.3) is 0 Å². The Kier molecular flexibility index (Phi) is 8.73. The minimum Gasteiger partial charge on any atom is -0.495 e. The molecule has 0 aliphatic carbocycles. The van der Waals surface area contributed by atoms with Crippen LogP contribution in [0.4, 0.5) is 5.69 Å². The first-order valence-corrected chi connectivity index (χ1v) is 12.8. The van der Waals surface area contributed by atoms with Gasteiger partial charge < -0.3 is 9.47 Å². The number of nitrogens with zero attached hydrogens (tertiary/aromatic N) is 2. The van der Waals surface area contributed by atoms with Crippen molar-refractivity contribution in [3.05, 3.63) is 88.4 Å². The van der Waals surface area contributed by atoms with Crippen molar-refractivity contribution >= 4 is 39.4 Å². The molecule has 0 bridgehead atoms. The highest BCUT2D eigenvalue weighted by atomic mass is 35.5. The predicted octanol–water partition coefficient (Wildman–Crippen LogP) is 4.15. The Labute approximate surface area is 210 Å². The number of methoxy groups -OCH3 is 1. The molecule has 3 rings (SSSR count). The maximum atomic E-state index is 12.4. The topological polar surface area (TPSA) is 97.3 Å². The highest BCUT2D eigenvalue weighted by Gasteiger charge is 2.24. The number of anilines is 1. The van der Waals surface area contributed by atoms with Gasteiger partial charge in [0.1, 0.15) is 24.7 Å². The first-order valence-electron chi connectivity index (χ1n) is 10.6. The standard InChI is InChI=1S/C25H26ClN3O5S/c1-18-7-12-24(33-2)23(13-18)29(35(3,31)32)16-25(30)28-27-15-19-8-10-22(11-9-19)34-17-20-5-4-6-21(26)14-20/h4-15H,16-17H2,1-3H3,(H,28,30)/b27-15-. The summed E-state index contributed by atoms with van der Waals surface area (Å²) in [6.45, 7) is 1.75. The molecule has 1 amide bonds. The molecular formula is C25H26ClN3O5S. The normalized spacial score (nSPS) is 11.3. The van der Waals surface area contributed by atoms with Crippen molar-refractivity contribution < 1.29 is 22.7 Å². The van der Waals surface area contributed by atoms with Gasteiger partial charge in [0.05, 0.1) is 25.3 Å². The zero-order chi connectivity index (χ0) is 25.4. The van der Waals surface area contributed by atoms with Crippen molar-refractivity contribution in [1.29, 1.82) is 0 Å². The van der Waals surface area contributed by atoms with Crippen molar-refractivity contribution in [3.63, 3.8) is 0 Å². The Balaban J connectivity index is 1.59. The molecule has 3 aromatic rings. The molecule has 0 aliphatic heterocycles. The van der Waals surface area contributed by atoms with Gasteiger partial charge >= 0.3 is 0 Å². The lowest BCUT2D eigenvalue weighted by Crippen LogP contribution is -2.39. The van der Waals surface area contributed by atoms with Gasteiger partial charge in [0.15, 0.2) is 0 Å². The third-order valence-corrected chi connectivity index (χ3v) is 6.23. The molecule has 184 valence electrons. The number of hydrogen-bond acceptors (Lipinski definition) is 6. The number of ether oxygens (including phenoxy) is 2. The number of benzene rings is 3. The van der Waals surface area contributed by atoms with Gasteiger partial charge in [-0.05, 0) is 72.1 Å². The summed E-state index contributed by atoms with van der Waals surface area (Å²) in [6, 6.07) is 19.6. The molecule has 0 radical (unpaired) electrons. The summed E-state index contributed by atoms with van der Waals surface area (Å²) in [5, 5.41) is 4.58. The fourth-order valence-corrected chi connectivity index (χ4v) is 4.23. The molecule has 0 aliphatic rings. The van der Waals surface area contributed by atoms with Gasteiger partial charge in [0, 0.05) is 5.02 Å². The van der Waals surface area contributed by atoms with Crippen LogP contribution in [0.15, 0.2) is 71.8 Å². The van der Waals surface area contributed by atoms with Gasteiger partial charge in [-0.3, -0.25) is 9.10 Å². The molecule has 0 aromatic heterocycles. The molecule has 0 spiro atoms. The summed E-state index contributed by atoms with van der Waals surface area (Å²) in [5.74, 6) is 0.411. The summed E-state index contributed by atoms with van der Waals surface area (Å²) in [7, 11) is -2.32. The molecule has 0 saturated carbocycles. The second kappa shape index (κ2) is 11.7. The lowest BCUT2D eigenvalue weighted by atomic mass is 10.2. The molecule has 0 heterocycles. The van der Waals surface area contributed by atoms with E-state index in [1.165, 1.54) is 13.3 Å². The number of hydrazone groups is 1. The number of nitrogens with one attached hydrogen (secondary N) is 1. The zero-order valence-electron chi connectivity index (χ0n) is 19.6. The third-order valence-electron chi connectivity index (χ3n) is 4.87. The summed E-state index contributed by atoms with van der Waals surface area (Å²) < 4.78 is 36.7. The number of aryl methyl sites for hydroxylation is 1. The van der Waals surface area contributed by atoms with Crippen LogP contribution >= 0.6 is 11.6 Å². The lowest BCUT2D eigenvalue weighted by molar-refractivity contribution is -0.119. The van der Waals surface area contributed by atoms with Gasteiger partial charge in [-0.1, -0.05) is 29.8 Å². The van der Waals surface area contributed by atoms with E-state index < -0.39 is 22.5 Å². The van der Waals surface area contributed by atoms with Crippen molar-refractivity contribution in [2.45, 2.75) is 13.5 Å². The summed E-state index contributed by atoms with van der Waals surface area (Å²) in [6.07, 6.45) is 2.48. The van der Waals surface area contributed by atoms with Crippen molar-refractivity contribution in [2.24, 2.45) is 5.10 Å². The SMILES string of the molecule is COc1ccc(C)cc1N(CC(=O)N/N=C\c1ccc(OCc2cccc(Cl)c2)cc1)S(C)(=O)=O. The van der Waals surface area contributed by atoms with Crippen LogP contribution < -0.4 is 19.2 Å². The van der Waals surface area contributed by atoms with Crippen LogP contribution in [0.3, 0.4) is 0 Å². The van der Waals surface area contributed by atoms with Gasteiger partial charge in [-0.2, -0.15) is 5.10 Å². The summed E-state index contributed by atoms with van der Waals surface area (Å²) in [5.41, 5.74) is 5.15. The smallest absolute Gasteiger partial charge is 0.260 e. The van der Waals surface area contributed by atoms with Crippen molar-refractivity contribution in [1.82, 2.24) is 5.43 Å². The maximum Gasteiger partial charge on any atom is 0.260 e. The van der Waals surface area contributed by atoms with E-state index in [1.807, 2.05) is 25.1 Å². The minimum absolute atomic E-state index is 0.280. The number of hydrogen-bond donors (Lipinski definition) is 1. The highest BCUT2D eigenvalue weighted by Crippen LogP contribution is 2.30. The minimum atomic E-state index is -3.75. The average Bonchev–Trinajstić information content (AvgIpc) is 2.81. The first kappa shape index (κ1) is 26.1. The van der Waals surface area contributed by atoms with E-state index in [-0.39, 0.29) is 5.69 Å². The van der Waals surface area contributed by atoms with Crippen molar-refractivity contribution in [2.75, 3.05) is 24.2 Å². The fourth-order valence-electron chi connectivity index (χ4n) is 3.16. The number of carbonyl (C=O) groups excluding carboxylic acids is 1. The fraction of sp³-hybridized carbons (Fsp3) is 0.200. The first-order chi connectivity index (χ1) is 16.7. The number of sulfonamides is 1. The van der Waals surface area contributed by atoms with Gasteiger partial charge in [-0.25, -0.2) is 13.8 Å². The second-order valence-corrected chi connectivity index (χ2v) is 10.1. The molecule has 0 fully saturated rings. The third kappa shape index (κ3) is 7.73. The van der Waals surface area contributed by atoms with Gasteiger partial charge in [0.25, 0.3) is 5.91 Å². The Morgan fingerprint density at radius 3 is 2.51 bits per heavy atom. The highest BCUT2D eigenvalue weighted by molar-refractivity contribution is 7.92. The van der Waals surface area contributed by atoms with E-state index in [1.54, 1.807) is 48.5 Å². The predicted molar refractivity (Wildman–Crippen MR) is 138 cm³/mol. The quantitative estimate of drug-likeness (QED) is 0.323. The Bertz CT molecular complexity index is 1310. The number of amides is 1. The maximum absolute atomic E-state index is 12.4. The summed E-state index contributed by atoms with van der Waals surface area (Å²) in [4.78, 5) is 12.4. The molecule has 3 aromatic carbocycles. The van der Waals surface area contributed by atoms with Crippen LogP contribution in [0, 0.1) is 6.92 Å².